The van der Waals surface area contributed by atoms with Crippen LogP contribution in [-0.4, -0.2) is 36.9 Å². The molecular formula is C27H27N3O2S4. The van der Waals surface area contributed by atoms with Crippen molar-refractivity contribution in [2.24, 2.45) is 0 Å². The fourth-order valence-corrected chi connectivity index (χ4v) is 8.14. The average Bonchev–Trinajstić information content (AvgIpc) is 3.59. The van der Waals surface area contributed by atoms with Crippen molar-refractivity contribution in [3.05, 3.63) is 57.8 Å². The van der Waals surface area contributed by atoms with Crippen LogP contribution in [0.2, 0.25) is 0 Å². The molecule has 4 heterocycles. The fourth-order valence-electron chi connectivity index (χ4n) is 4.34. The molecule has 0 atom stereocenters. The minimum atomic E-state index is -0.874. The molecule has 5 aromatic rings. The zero-order valence-electron chi connectivity index (χ0n) is 20.8. The van der Waals surface area contributed by atoms with Gasteiger partial charge in [0.1, 0.15) is 11.0 Å². The number of hydrogen-bond donors (Lipinski definition) is 1. The lowest BCUT2D eigenvalue weighted by molar-refractivity contribution is 0.101. The van der Waals surface area contributed by atoms with Crippen LogP contribution in [0.3, 0.4) is 0 Å². The first kappa shape index (κ1) is 25.1. The Morgan fingerprint density at radius 1 is 0.917 bits per heavy atom. The van der Waals surface area contributed by atoms with Gasteiger partial charge in [0.2, 0.25) is 0 Å². The third kappa shape index (κ3) is 4.72. The van der Waals surface area contributed by atoms with Crippen molar-refractivity contribution in [2.75, 3.05) is 6.54 Å². The van der Waals surface area contributed by atoms with E-state index in [0.717, 1.165) is 22.2 Å². The molecule has 0 radical (unpaired) electrons. The molecule has 36 heavy (non-hydrogen) atoms. The maximum Gasteiger partial charge on any atom is 0.407 e. The van der Waals surface area contributed by atoms with Crippen LogP contribution in [0, 0.1) is 13.8 Å². The molecule has 0 saturated carbocycles. The first-order valence-corrected chi connectivity index (χ1v) is 14.9. The SMILES string of the molecule is Cc1ccsc1-c1ccc(-c2sc(-c3ccc(CCN(C(=O)O)C(C)(C)C)s3)cc2C)c2nsnc12. The van der Waals surface area contributed by atoms with Crippen LogP contribution in [0.15, 0.2) is 41.8 Å². The highest BCUT2D eigenvalue weighted by Gasteiger charge is 2.26. The van der Waals surface area contributed by atoms with E-state index in [9.17, 15) is 9.90 Å². The molecule has 9 heteroatoms. The van der Waals surface area contributed by atoms with Crippen LogP contribution >= 0.6 is 45.7 Å². The summed E-state index contributed by atoms with van der Waals surface area (Å²) >= 11 is 6.54. The molecule has 1 amide bonds. The number of thiophene rings is 3. The molecule has 186 valence electrons. The van der Waals surface area contributed by atoms with Crippen molar-refractivity contribution >= 4 is 62.9 Å². The van der Waals surface area contributed by atoms with Gasteiger partial charge in [0.25, 0.3) is 0 Å². The van der Waals surface area contributed by atoms with Gasteiger partial charge in [-0.2, -0.15) is 8.75 Å². The first-order valence-electron chi connectivity index (χ1n) is 11.6. The number of rotatable bonds is 6. The molecule has 0 fully saturated rings. The van der Waals surface area contributed by atoms with Gasteiger partial charge < -0.3 is 10.0 Å². The second-order valence-corrected chi connectivity index (χ2v) is 13.5. The number of fused-ring (bicyclic) bond motifs is 1. The van der Waals surface area contributed by atoms with Crippen LogP contribution < -0.4 is 0 Å². The van der Waals surface area contributed by atoms with Gasteiger partial charge in [-0.3, -0.25) is 0 Å². The lowest BCUT2D eigenvalue weighted by atomic mass is 10.0. The van der Waals surface area contributed by atoms with E-state index in [1.807, 2.05) is 20.8 Å². The van der Waals surface area contributed by atoms with Crippen molar-refractivity contribution in [3.63, 3.8) is 0 Å². The molecule has 0 aliphatic rings. The topological polar surface area (TPSA) is 66.3 Å². The Hall–Kier alpha value is -2.59. The van der Waals surface area contributed by atoms with E-state index in [-0.39, 0.29) is 0 Å². The number of benzene rings is 1. The van der Waals surface area contributed by atoms with Crippen molar-refractivity contribution in [1.82, 2.24) is 13.6 Å². The molecule has 1 aromatic carbocycles. The summed E-state index contributed by atoms with van der Waals surface area (Å²) in [6.07, 6.45) is -0.166. The Morgan fingerprint density at radius 3 is 2.22 bits per heavy atom. The Morgan fingerprint density at radius 2 is 1.61 bits per heavy atom. The zero-order chi connectivity index (χ0) is 25.6. The summed E-state index contributed by atoms with van der Waals surface area (Å²) in [5.74, 6) is 0. The van der Waals surface area contributed by atoms with Crippen molar-refractivity contribution < 1.29 is 9.90 Å². The summed E-state index contributed by atoms with van der Waals surface area (Å²) in [6.45, 7) is 10.6. The molecule has 0 spiro atoms. The summed E-state index contributed by atoms with van der Waals surface area (Å²) < 4.78 is 9.35. The Kier molecular flexibility index (Phi) is 6.76. The van der Waals surface area contributed by atoms with E-state index in [2.05, 4.69) is 64.4 Å². The Labute approximate surface area is 227 Å². The smallest absolute Gasteiger partial charge is 0.407 e. The summed E-state index contributed by atoms with van der Waals surface area (Å²) in [5.41, 5.74) is 6.28. The highest BCUT2D eigenvalue weighted by molar-refractivity contribution is 7.24. The van der Waals surface area contributed by atoms with Gasteiger partial charge in [0.05, 0.1) is 11.7 Å². The van der Waals surface area contributed by atoms with Gasteiger partial charge in [-0.1, -0.05) is 12.1 Å². The van der Waals surface area contributed by atoms with Crippen molar-refractivity contribution in [1.29, 1.82) is 0 Å². The summed E-state index contributed by atoms with van der Waals surface area (Å²) in [5, 5.41) is 11.7. The van der Waals surface area contributed by atoms with Gasteiger partial charge in [0, 0.05) is 47.6 Å². The molecule has 4 aromatic heterocycles. The minimum absolute atomic E-state index is 0.417. The number of amides is 1. The zero-order valence-corrected chi connectivity index (χ0v) is 24.1. The van der Waals surface area contributed by atoms with E-state index < -0.39 is 11.6 Å². The number of aromatic nitrogens is 2. The van der Waals surface area contributed by atoms with Crippen molar-refractivity contribution in [2.45, 2.75) is 46.6 Å². The standard InChI is InChI=1S/C27H27N3O2S4/c1-15-11-13-33-24(15)18-7-8-19(23-22(18)28-36-29-23)25-16(2)14-21(35-25)20-9-6-17(34-20)10-12-30(26(31)32)27(3,4)5/h6-9,11,13-14H,10,12H2,1-5H3,(H,31,32). The van der Waals surface area contributed by atoms with Gasteiger partial charge in [0.15, 0.2) is 0 Å². The first-order chi connectivity index (χ1) is 17.1. The predicted octanol–water partition coefficient (Wildman–Crippen LogP) is 8.81. The average molecular weight is 554 g/mol. The second kappa shape index (κ2) is 9.70. The number of carboxylic acid groups (broad SMARTS) is 1. The van der Waals surface area contributed by atoms with Crippen molar-refractivity contribution in [3.8, 4) is 30.6 Å². The maximum atomic E-state index is 11.7. The number of nitrogens with zero attached hydrogens (tertiary/aromatic N) is 3. The van der Waals surface area contributed by atoms with E-state index in [1.165, 1.54) is 52.1 Å². The lowest BCUT2D eigenvalue weighted by Crippen LogP contribution is -2.45. The van der Waals surface area contributed by atoms with E-state index >= 15 is 0 Å². The summed E-state index contributed by atoms with van der Waals surface area (Å²) in [6, 6.07) is 13.0. The van der Waals surface area contributed by atoms with Crippen LogP contribution in [0.4, 0.5) is 4.79 Å². The van der Waals surface area contributed by atoms with Crippen LogP contribution in [-0.2, 0) is 6.42 Å². The normalized spacial score (nSPS) is 11.9. The number of hydrogen-bond acceptors (Lipinski definition) is 7. The highest BCUT2D eigenvalue weighted by Crippen LogP contribution is 2.44. The molecular weight excluding hydrogens is 527 g/mol. The molecule has 0 bridgehead atoms. The van der Waals surface area contributed by atoms with Crippen LogP contribution in [0.25, 0.3) is 41.7 Å². The number of aryl methyl sites for hydroxylation is 2. The lowest BCUT2D eigenvalue weighted by Gasteiger charge is -2.33. The van der Waals surface area contributed by atoms with E-state index in [4.69, 9.17) is 0 Å². The minimum Gasteiger partial charge on any atom is -0.465 e. The van der Waals surface area contributed by atoms with Gasteiger partial charge in [-0.05, 0) is 81.8 Å². The Balaban J connectivity index is 1.43. The van der Waals surface area contributed by atoms with Gasteiger partial charge in [-0.25, -0.2) is 4.79 Å². The van der Waals surface area contributed by atoms with Gasteiger partial charge >= 0.3 is 6.09 Å². The molecule has 0 unspecified atom stereocenters. The van der Waals surface area contributed by atoms with E-state index in [0.29, 0.717) is 13.0 Å². The quantitative estimate of drug-likeness (QED) is 0.228. The largest absolute Gasteiger partial charge is 0.465 e. The fraction of sp³-hybridized carbons (Fsp3) is 0.296. The number of carbonyl (C=O) groups is 1. The molecule has 5 rings (SSSR count). The summed E-state index contributed by atoms with van der Waals surface area (Å²) in [4.78, 5) is 19.3. The third-order valence-corrected chi connectivity index (χ3v) is 10.4. The Bertz CT molecular complexity index is 1550. The molecule has 5 nitrogen and oxygen atoms in total. The molecule has 0 aliphatic heterocycles. The third-order valence-electron chi connectivity index (χ3n) is 6.21. The van der Waals surface area contributed by atoms with Gasteiger partial charge in [-0.15, -0.1) is 34.0 Å². The monoisotopic (exact) mass is 553 g/mol. The van der Waals surface area contributed by atoms with Crippen LogP contribution in [0.5, 0.6) is 0 Å². The summed E-state index contributed by atoms with van der Waals surface area (Å²) in [7, 11) is 0. The molecule has 0 saturated heterocycles. The highest BCUT2D eigenvalue weighted by atomic mass is 32.1. The molecule has 1 N–H and O–H groups in total. The maximum absolute atomic E-state index is 11.7. The predicted molar refractivity (Wildman–Crippen MR) is 155 cm³/mol. The van der Waals surface area contributed by atoms with Crippen LogP contribution in [0.1, 0.15) is 36.8 Å². The second-order valence-electron chi connectivity index (χ2n) is 9.80. The van der Waals surface area contributed by atoms with E-state index in [1.54, 1.807) is 34.0 Å². The molecule has 0 aliphatic carbocycles.